The van der Waals surface area contributed by atoms with Gasteiger partial charge in [-0.1, -0.05) is 13.8 Å². The minimum absolute atomic E-state index is 0.213. The van der Waals surface area contributed by atoms with Crippen molar-refractivity contribution in [3.8, 4) is 0 Å². The highest BCUT2D eigenvalue weighted by Gasteiger charge is 2.08. The van der Waals surface area contributed by atoms with E-state index in [4.69, 9.17) is 0 Å². The van der Waals surface area contributed by atoms with Crippen LogP contribution in [-0.4, -0.2) is 27.6 Å². The molecule has 1 rings (SSSR count). The van der Waals surface area contributed by atoms with E-state index in [2.05, 4.69) is 5.32 Å². The minimum atomic E-state index is -3.18. The van der Waals surface area contributed by atoms with Crippen molar-refractivity contribution in [1.82, 2.24) is 5.32 Å². The van der Waals surface area contributed by atoms with E-state index in [1.54, 1.807) is 0 Å². The highest BCUT2D eigenvalue weighted by molar-refractivity contribution is 7.90. The van der Waals surface area contributed by atoms with Crippen LogP contribution < -0.4 is 5.32 Å². The van der Waals surface area contributed by atoms with Crippen molar-refractivity contribution in [2.24, 2.45) is 0 Å². The molecular weight excluding hydrogens is 226 g/mol. The summed E-state index contributed by atoms with van der Waals surface area (Å²) in [4.78, 5) is 11.3. The average Bonchev–Trinajstić information content (AvgIpc) is 2.30. The molecule has 16 heavy (non-hydrogen) atoms. The van der Waals surface area contributed by atoms with Gasteiger partial charge in [-0.2, -0.15) is 0 Å². The van der Waals surface area contributed by atoms with E-state index in [1.165, 1.54) is 31.3 Å². The summed E-state index contributed by atoms with van der Waals surface area (Å²) in [6, 6.07) is 5.80. The van der Waals surface area contributed by atoms with E-state index in [0.717, 1.165) is 6.26 Å². The molecule has 0 unspecified atom stereocenters. The van der Waals surface area contributed by atoms with Gasteiger partial charge in [0.25, 0.3) is 5.91 Å². The normalized spacial score (nSPS) is 10.0. The van der Waals surface area contributed by atoms with E-state index >= 15 is 0 Å². The van der Waals surface area contributed by atoms with Crippen molar-refractivity contribution in [3.05, 3.63) is 29.8 Å². The summed E-state index contributed by atoms with van der Waals surface area (Å²) in [5.41, 5.74) is 0.444. The third-order valence-corrected chi connectivity index (χ3v) is 2.90. The highest BCUT2D eigenvalue weighted by Crippen LogP contribution is 2.09. The summed E-state index contributed by atoms with van der Waals surface area (Å²) >= 11 is 0. The average molecular weight is 243 g/mol. The monoisotopic (exact) mass is 243 g/mol. The number of rotatable bonds is 2. The second kappa shape index (κ2) is 6.27. The molecular formula is C11H17NO3S. The molecule has 1 N–H and O–H groups in total. The molecule has 1 amide bonds. The lowest BCUT2D eigenvalue weighted by molar-refractivity contribution is 0.0963. The lowest BCUT2D eigenvalue weighted by atomic mass is 10.2. The number of hydrogen-bond acceptors (Lipinski definition) is 3. The Balaban J connectivity index is 0.00000106. The lowest BCUT2D eigenvalue weighted by Gasteiger charge is -2.01. The van der Waals surface area contributed by atoms with Crippen molar-refractivity contribution >= 4 is 15.7 Å². The van der Waals surface area contributed by atoms with Crippen molar-refractivity contribution in [3.63, 3.8) is 0 Å². The first kappa shape index (κ1) is 14.6. The Kier molecular flexibility index (Phi) is 5.74. The molecule has 0 aliphatic heterocycles. The summed E-state index contributed by atoms with van der Waals surface area (Å²) in [5, 5.41) is 2.45. The molecule has 5 heteroatoms. The van der Waals surface area contributed by atoms with Crippen molar-refractivity contribution in [2.45, 2.75) is 18.7 Å². The summed E-state index contributed by atoms with van der Waals surface area (Å²) in [6.45, 7) is 4.00. The Bertz CT molecular complexity index is 435. The van der Waals surface area contributed by atoms with E-state index in [0.29, 0.717) is 5.56 Å². The number of sulfone groups is 1. The zero-order valence-electron chi connectivity index (χ0n) is 9.94. The van der Waals surface area contributed by atoms with Crippen LogP contribution in [0, 0.1) is 0 Å². The summed E-state index contributed by atoms with van der Waals surface area (Å²) in [6.07, 6.45) is 1.13. The molecule has 4 nitrogen and oxygen atoms in total. The Morgan fingerprint density at radius 3 is 1.88 bits per heavy atom. The second-order valence-corrected chi connectivity index (χ2v) is 4.89. The molecule has 0 aromatic heterocycles. The van der Waals surface area contributed by atoms with Gasteiger partial charge in [0.05, 0.1) is 4.90 Å². The van der Waals surface area contributed by atoms with Crippen LogP contribution in [0.1, 0.15) is 24.2 Å². The third-order valence-electron chi connectivity index (χ3n) is 1.77. The predicted octanol–water partition coefficient (Wildman–Crippen LogP) is 1.48. The predicted molar refractivity (Wildman–Crippen MR) is 64.3 cm³/mol. The molecule has 0 spiro atoms. The van der Waals surface area contributed by atoms with E-state index in [-0.39, 0.29) is 10.8 Å². The van der Waals surface area contributed by atoms with Crippen LogP contribution in [0.3, 0.4) is 0 Å². The quantitative estimate of drug-likeness (QED) is 0.855. The lowest BCUT2D eigenvalue weighted by Crippen LogP contribution is -2.17. The molecule has 1 aromatic carbocycles. The first-order valence-corrected chi connectivity index (χ1v) is 6.86. The number of amides is 1. The van der Waals surface area contributed by atoms with Crippen LogP contribution >= 0.6 is 0 Å². The van der Waals surface area contributed by atoms with Crippen LogP contribution in [0.4, 0.5) is 0 Å². The van der Waals surface area contributed by atoms with Crippen LogP contribution in [0.25, 0.3) is 0 Å². The molecule has 0 aliphatic rings. The molecule has 0 saturated carbocycles. The zero-order chi connectivity index (χ0) is 12.8. The molecule has 0 bridgehead atoms. The first-order valence-electron chi connectivity index (χ1n) is 4.97. The van der Waals surface area contributed by atoms with Gasteiger partial charge in [-0.05, 0) is 24.3 Å². The van der Waals surface area contributed by atoms with E-state index < -0.39 is 9.84 Å². The Labute approximate surface area is 96.6 Å². The Morgan fingerprint density at radius 2 is 1.56 bits per heavy atom. The topological polar surface area (TPSA) is 63.2 Å². The van der Waals surface area contributed by atoms with Crippen molar-refractivity contribution < 1.29 is 13.2 Å². The maximum Gasteiger partial charge on any atom is 0.251 e. The van der Waals surface area contributed by atoms with Gasteiger partial charge in [-0.25, -0.2) is 8.42 Å². The molecule has 0 heterocycles. The standard InChI is InChI=1S/C9H11NO3S.C2H6/c1-10-9(11)7-3-5-8(6-4-7)14(2,12)13;1-2/h3-6H,1-2H3,(H,10,11);1-2H3. The second-order valence-electron chi connectivity index (χ2n) is 2.88. The Hall–Kier alpha value is -1.36. The summed E-state index contributed by atoms with van der Waals surface area (Å²) in [5.74, 6) is -0.231. The van der Waals surface area contributed by atoms with E-state index in [1.807, 2.05) is 13.8 Å². The van der Waals surface area contributed by atoms with Gasteiger partial charge in [0.2, 0.25) is 0 Å². The van der Waals surface area contributed by atoms with Gasteiger partial charge >= 0.3 is 0 Å². The van der Waals surface area contributed by atoms with Crippen LogP contribution in [-0.2, 0) is 9.84 Å². The number of hydrogen-bond donors (Lipinski definition) is 1. The molecule has 0 fully saturated rings. The van der Waals surface area contributed by atoms with Gasteiger partial charge in [0, 0.05) is 18.9 Å². The molecule has 1 aromatic rings. The summed E-state index contributed by atoms with van der Waals surface area (Å²) < 4.78 is 22.2. The van der Waals surface area contributed by atoms with Crippen molar-refractivity contribution in [1.29, 1.82) is 0 Å². The molecule has 0 aliphatic carbocycles. The third kappa shape index (κ3) is 4.02. The number of carbonyl (C=O) groups excluding carboxylic acids is 1. The Morgan fingerprint density at radius 1 is 1.12 bits per heavy atom. The van der Waals surface area contributed by atoms with Crippen LogP contribution in [0.15, 0.2) is 29.2 Å². The smallest absolute Gasteiger partial charge is 0.251 e. The van der Waals surface area contributed by atoms with Gasteiger partial charge < -0.3 is 5.32 Å². The number of benzene rings is 1. The number of carbonyl (C=O) groups is 1. The number of nitrogens with one attached hydrogen (secondary N) is 1. The SMILES string of the molecule is CC.CNC(=O)c1ccc(S(C)(=O)=O)cc1. The van der Waals surface area contributed by atoms with Gasteiger partial charge in [-0.15, -0.1) is 0 Å². The van der Waals surface area contributed by atoms with Crippen LogP contribution in [0.2, 0.25) is 0 Å². The highest BCUT2D eigenvalue weighted by atomic mass is 32.2. The molecule has 0 saturated heterocycles. The molecule has 0 radical (unpaired) electrons. The van der Waals surface area contributed by atoms with Gasteiger partial charge in [-0.3, -0.25) is 4.79 Å². The fourth-order valence-corrected chi connectivity index (χ4v) is 1.63. The maximum atomic E-state index is 11.1. The largest absolute Gasteiger partial charge is 0.355 e. The van der Waals surface area contributed by atoms with Gasteiger partial charge in [0.15, 0.2) is 9.84 Å². The summed E-state index contributed by atoms with van der Waals surface area (Å²) in [7, 11) is -1.66. The van der Waals surface area contributed by atoms with Crippen molar-refractivity contribution in [2.75, 3.05) is 13.3 Å². The zero-order valence-corrected chi connectivity index (χ0v) is 10.8. The molecule has 90 valence electrons. The maximum absolute atomic E-state index is 11.1. The van der Waals surface area contributed by atoms with Gasteiger partial charge in [0.1, 0.15) is 0 Å². The fraction of sp³-hybridized carbons (Fsp3) is 0.364. The first-order chi connectivity index (χ1) is 7.45. The van der Waals surface area contributed by atoms with Crippen LogP contribution in [0.5, 0.6) is 0 Å². The fourth-order valence-electron chi connectivity index (χ4n) is 0.998. The minimum Gasteiger partial charge on any atom is -0.355 e. The van der Waals surface area contributed by atoms with E-state index in [9.17, 15) is 13.2 Å². The molecule has 0 atom stereocenters.